The van der Waals surface area contributed by atoms with E-state index in [0.717, 1.165) is 6.07 Å². The van der Waals surface area contributed by atoms with Gasteiger partial charge < -0.3 is 20.0 Å². The number of non-ortho nitro benzene ring substituents is 1. The molecular formula is C21H16N2O8S. The number of sulfone groups is 1. The summed E-state index contributed by atoms with van der Waals surface area (Å²) in [4.78, 5) is 22.5. The average molecular weight is 456 g/mol. The summed E-state index contributed by atoms with van der Waals surface area (Å²) in [6.07, 6.45) is 0. The van der Waals surface area contributed by atoms with Crippen LogP contribution in [-0.4, -0.2) is 18.4 Å². The van der Waals surface area contributed by atoms with Crippen molar-refractivity contribution in [1.82, 2.24) is 0 Å². The molecule has 4 rings (SSSR count). The highest BCUT2D eigenvalue weighted by Gasteiger charge is 2.42. The Bertz CT molecular complexity index is 1390. The van der Waals surface area contributed by atoms with E-state index in [0.29, 0.717) is 0 Å². The van der Waals surface area contributed by atoms with Crippen molar-refractivity contribution in [2.75, 3.05) is 0 Å². The van der Waals surface area contributed by atoms with Crippen molar-refractivity contribution in [2.45, 2.75) is 17.4 Å². The predicted octanol–water partition coefficient (Wildman–Crippen LogP) is 2.17. The molecule has 11 heteroatoms. The summed E-state index contributed by atoms with van der Waals surface area (Å²) in [6.45, 7) is -0.616. The molecule has 2 aromatic carbocycles. The largest absolute Gasteiger partial charge is 0.458 e. The molecule has 1 atom stereocenters. The second-order valence-corrected chi connectivity index (χ2v) is 8.78. The number of nitro groups is 1. The van der Waals surface area contributed by atoms with Crippen LogP contribution in [0.2, 0.25) is 0 Å². The van der Waals surface area contributed by atoms with E-state index in [2.05, 4.69) is 0 Å². The molecule has 0 spiro atoms. The lowest BCUT2D eigenvalue weighted by Gasteiger charge is -2.27. The first-order valence-corrected chi connectivity index (χ1v) is 10.7. The van der Waals surface area contributed by atoms with E-state index in [9.17, 15) is 28.4 Å². The van der Waals surface area contributed by atoms with E-state index in [1.807, 2.05) is 0 Å². The number of rotatable bonds is 5. The summed E-state index contributed by atoms with van der Waals surface area (Å²) in [5.41, 5.74) is 5.39. The van der Waals surface area contributed by atoms with Crippen molar-refractivity contribution in [1.29, 1.82) is 0 Å². The molecule has 1 aromatic heterocycles. The van der Waals surface area contributed by atoms with Gasteiger partial charge in [-0.15, -0.1) is 0 Å². The van der Waals surface area contributed by atoms with Crippen LogP contribution in [0, 0.1) is 10.1 Å². The van der Waals surface area contributed by atoms with Gasteiger partial charge in [-0.05, 0) is 17.7 Å². The molecule has 0 fully saturated rings. The van der Waals surface area contributed by atoms with Gasteiger partial charge in [-0.1, -0.05) is 30.3 Å². The summed E-state index contributed by atoms with van der Waals surface area (Å²) in [5, 5.41) is 20.5. The number of nitrogens with zero attached hydrogens (tertiary/aromatic N) is 1. The third kappa shape index (κ3) is 3.53. The second-order valence-electron chi connectivity index (χ2n) is 6.86. The number of hydrogen-bond donors (Lipinski definition) is 2. The third-order valence-electron chi connectivity index (χ3n) is 4.90. The summed E-state index contributed by atoms with van der Waals surface area (Å²) < 4.78 is 38.0. The Labute approximate surface area is 181 Å². The number of benzene rings is 2. The van der Waals surface area contributed by atoms with E-state index < -0.39 is 38.6 Å². The molecule has 32 heavy (non-hydrogen) atoms. The Hall–Kier alpha value is -3.96. The molecule has 3 aromatic rings. The minimum absolute atomic E-state index is 0.0717. The average Bonchev–Trinajstić information content (AvgIpc) is 2.79. The van der Waals surface area contributed by atoms with Crippen LogP contribution in [0.4, 0.5) is 5.69 Å². The summed E-state index contributed by atoms with van der Waals surface area (Å²) in [5.74, 6) is -2.38. The number of nitro benzene ring substituents is 1. The van der Waals surface area contributed by atoms with Gasteiger partial charge in [-0.3, -0.25) is 14.9 Å². The lowest BCUT2D eigenvalue weighted by Crippen LogP contribution is -2.29. The SMILES string of the molecule is NC1=C(S(=O)(=O)c2ccccc2)C(c2ccc([N+](=O)[O-])cc2)c2oc(CO)cc(=O)c2O1. The maximum absolute atomic E-state index is 13.5. The van der Waals surface area contributed by atoms with E-state index in [4.69, 9.17) is 14.9 Å². The van der Waals surface area contributed by atoms with Crippen molar-refractivity contribution in [3.05, 3.63) is 109 Å². The fourth-order valence-corrected chi connectivity index (χ4v) is 5.08. The number of allylic oxidation sites excluding steroid dienone is 1. The Morgan fingerprint density at radius 3 is 2.34 bits per heavy atom. The Balaban J connectivity index is 2.01. The first-order valence-electron chi connectivity index (χ1n) is 9.23. The maximum Gasteiger partial charge on any atom is 0.269 e. The Morgan fingerprint density at radius 1 is 1.09 bits per heavy atom. The molecule has 1 aliphatic heterocycles. The molecule has 0 radical (unpaired) electrons. The van der Waals surface area contributed by atoms with Crippen LogP contribution in [0.25, 0.3) is 0 Å². The lowest BCUT2D eigenvalue weighted by molar-refractivity contribution is -0.384. The molecule has 0 bridgehead atoms. The Morgan fingerprint density at radius 2 is 1.75 bits per heavy atom. The molecule has 2 heterocycles. The van der Waals surface area contributed by atoms with E-state index in [1.165, 1.54) is 48.5 Å². The van der Waals surface area contributed by atoms with Gasteiger partial charge in [0.25, 0.3) is 5.69 Å². The molecule has 0 saturated heterocycles. The molecular weight excluding hydrogens is 440 g/mol. The maximum atomic E-state index is 13.5. The van der Waals surface area contributed by atoms with Crippen LogP contribution in [0.1, 0.15) is 23.0 Å². The van der Waals surface area contributed by atoms with Gasteiger partial charge in [0.1, 0.15) is 17.3 Å². The van der Waals surface area contributed by atoms with Crippen LogP contribution in [0.3, 0.4) is 0 Å². The van der Waals surface area contributed by atoms with Crippen LogP contribution >= 0.6 is 0 Å². The van der Waals surface area contributed by atoms with Crippen molar-refractivity contribution < 1.29 is 27.6 Å². The fourth-order valence-electron chi connectivity index (χ4n) is 3.45. The Kier molecular flexibility index (Phi) is 5.28. The molecule has 0 amide bonds. The third-order valence-corrected chi connectivity index (χ3v) is 6.80. The zero-order valence-corrected chi connectivity index (χ0v) is 17.1. The van der Waals surface area contributed by atoms with Gasteiger partial charge >= 0.3 is 0 Å². The molecule has 3 N–H and O–H groups in total. The van der Waals surface area contributed by atoms with Crippen LogP contribution in [0.5, 0.6) is 5.75 Å². The van der Waals surface area contributed by atoms with Crippen molar-refractivity contribution in [3.63, 3.8) is 0 Å². The van der Waals surface area contributed by atoms with Crippen LogP contribution in [0.15, 0.2) is 85.6 Å². The number of nitrogens with two attached hydrogens (primary N) is 1. The minimum atomic E-state index is -4.24. The summed E-state index contributed by atoms with van der Waals surface area (Å²) >= 11 is 0. The summed E-state index contributed by atoms with van der Waals surface area (Å²) in [6, 6.07) is 13.5. The molecule has 1 aliphatic rings. The van der Waals surface area contributed by atoms with Crippen molar-refractivity contribution in [3.8, 4) is 5.75 Å². The zero-order valence-electron chi connectivity index (χ0n) is 16.3. The van der Waals surface area contributed by atoms with Crippen LogP contribution in [-0.2, 0) is 16.4 Å². The first-order chi connectivity index (χ1) is 15.2. The van der Waals surface area contributed by atoms with E-state index in [1.54, 1.807) is 6.07 Å². The monoisotopic (exact) mass is 456 g/mol. The topological polar surface area (TPSA) is 163 Å². The van der Waals surface area contributed by atoms with Gasteiger partial charge in [0.05, 0.1) is 15.7 Å². The van der Waals surface area contributed by atoms with Gasteiger partial charge in [0, 0.05) is 18.2 Å². The molecule has 0 saturated carbocycles. The highest BCUT2D eigenvalue weighted by Crippen LogP contribution is 2.45. The number of hydrogen-bond acceptors (Lipinski definition) is 9. The smallest absolute Gasteiger partial charge is 0.269 e. The number of fused-ring (bicyclic) bond motifs is 1. The number of aliphatic hydroxyl groups is 1. The molecule has 0 aliphatic carbocycles. The van der Waals surface area contributed by atoms with Gasteiger partial charge in [0.2, 0.25) is 26.9 Å². The predicted molar refractivity (Wildman–Crippen MR) is 111 cm³/mol. The van der Waals surface area contributed by atoms with Gasteiger partial charge in [-0.25, -0.2) is 8.42 Å². The fraction of sp³-hybridized carbons (Fsp3) is 0.0952. The van der Waals surface area contributed by atoms with E-state index >= 15 is 0 Å². The van der Waals surface area contributed by atoms with E-state index in [-0.39, 0.29) is 38.3 Å². The van der Waals surface area contributed by atoms with Crippen molar-refractivity contribution >= 4 is 15.5 Å². The van der Waals surface area contributed by atoms with Crippen LogP contribution < -0.4 is 15.9 Å². The second kappa shape index (κ2) is 7.94. The highest BCUT2D eigenvalue weighted by molar-refractivity contribution is 7.95. The number of aliphatic hydroxyl groups excluding tert-OH is 1. The highest BCUT2D eigenvalue weighted by atomic mass is 32.2. The lowest BCUT2D eigenvalue weighted by atomic mass is 9.93. The number of ether oxygens (including phenoxy) is 1. The molecule has 164 valence electrons. The van der Waals surface area contributed by atoms with Gasteiger partial charge in [-0.2, -0.15) is 0 Å². The standard InChI is InChI=1S/C21H16N2O8S/c22-21-20(32(28,29)15-4-2-1-3-5-15)17(12-6-8-13(9-7-12)23(26)27)19-18(31-21)16(25)10-14(11-24)30-19/h1-10,17,24H,11,22H2. The van der Waals surface area contributed by atoms with Crippen molar-refractivity contribution in [2.24, 2.45) is 5.73 Å². The minimum Gasteiger partial charge on any atom is -0.458 e. The normalized spacial score (nSPS) is 15.7. The molecule has 10 nitrogen and oxygen atoms in total. The quantitative estimate of drug-likeness (QED) is 0.432. The zero-order chi connectivity index (χ0) is 23.0. The first kappa shape index (κ1) is 21.3. The summed E-state index contributed by atoms with van der Waals surface area (Å²) in [7, 11) is -4.24. The molecule has 1 unspecified atom stereocenters. The van der Waals surface area contributed by atoms with Gasteiger partial charge in [0.15, 0.2) is 5.76 Å².